The van der Waals surface area contributed by atoms with Crippen LogP contribution in [0.3, 0.4) is 0 Å². The number of nitrogens with two attached hydrogens (primary N) is 1. The van der Waals surface area contributed by atoms with Gasteiger partial charge in [-0.25, -0.2) is 4.79 Å². The monoisotopic (exact) mass is 446 g/mol. The van der Waals surface area contributed by atoms with Crippen LogP contribution < -0.4 is 31.4 Å². The summed E-state index contributed by atoms with van der Waals surface area (Å²) in [5.74, 6) is 0.840. The lowest BCUT2D eigenvalue weighted by Crippen LogP contribution is -2.44. The molecule has 0 aliphatic heterocycles. The number of aromatic nitrogens is 2. The highest BCUT2D eigenvalue weighted by atomic mass is 16.5. The van der Waals surface area contributed by atoms with Gasteiger partial charge in [0.1, 0.15) is 17.3 Å². The minimum atomic E-state index is -0.688. The van der Waals surface area contributed by atoms with Gasteiger partial charge in [0.2, 0.25) is 0 Å². The topological polar surface area (TPSA) is 120 Å². The highest BCUT2D eigenvalue weighted by Gasteiger charge is 2.25. The molecule has 0 unspecified atom stereocenters. The number of ether oxygens (including phenoxy) is 2. The summed E-state index contributed by atoms with van der Waals surface area (Å²) in [6.07, 6.45) is 2.48. The van der Waals surface area contributed by atoms with E-state index in [1.54, 1.807) is 24.3 Å². The van der Waals surface area contributed by atoms with Crippen LogP contribution in [-0.2, 0) is 11.3 Å². The molecule has 0 aliphatic rings. The lowest BCUT2D eigenvalue weighted by Gasteiger charge is -2.26. The standard InChI is InChI=1S/C23H34N4O5/c1-5-7-12-26-21(24)20(22(29)25-23(26)30)27(14-16(3)4)19(28)15-32-18-10-8-17(9-11-18)31-13-6-2/h8-11,16H,5-7,12-15,24H2,1-4H3,(H,25,29,30). The molecule has 9 nitrogen and oxygen atoms in total. The van der Waals surface area contributed by atoms with Crippen molar-refractivity contribution in [2.75, 3.05) is 30.4 Å². The molecule has 1 aromatic heterocycles. The number of nitrogens with zero attached hydrogens (tertiary/aromatic N) is 2. The molecule has 1 amide bonds. The second kappa shape index (κ2) is 12.0. The van der Waals surface area contributed by atoms with Crippen molar-refractivity contribution in [3.8, 4) is 11.5 Å². The molecule has 2 aromatic rings. The number of benzene rings is 1. The molecule has 0 saturated heterocycles. The van der Waals surface area contributed by atoms with E-state index in [0.717, 1.165) is 25.0 Å². The summed E-state index contributed by atoms with van der Waals surface area (Å²) in [7, 11) is 0. The first-order valence-corrected chi connectivity index (χ1v) is 11.1. The molecule has 0 saturated carbocycles. The van der Waals surface area contributed by atoms with Crippen molar-refractivity contribution in [3.05, 3.63) is 45.1 Å². The predicted octanol–water partition coefficient (Wildman–Crippen LogP) is 2.78. The number of amides is 1. The normalized spacial score (nSPS) is 10.9. The molecule has 3 N–H and O–H groups in total. The number of hydrogen-bond donors (Lipinski definition) is 2. The van der Waals surface area contributed by atoms with Crippen LogP contribution in [0.2, 0.25) is 0 Å². The van der Waals surface area contributed by atoms with Gasteiger partial charge in [-0.3, -0.25) is 19.1 Å². The fourth-order valence-electron chi connectivity index (χ4n) is 3.13. The SMILES string of the molecule is CCCCn1c(N)c(N(CC(C)C)C(=O)COc2ccc(OCCC)cc2)c(=O)[nH]c1=O. The number of rotatable bonds is 12. The molecule has 0 atom stereocenters. The van der Waals surface area contributed by atoms with Crippen LogP contribution >= 0.6 is 0 Å². The van der Waals surface area contributed by atoms with Crippen molar-refractivity contribution in [2.45, 2.75) is 53.5 Å². The Balaban J connectivity index is 2.25. The van der Waals surface area contributed by atoms with Crippen molar-refractivity contribution in [2.24, 2.45) is 5.92 Å². The molecular weight excluding hydrogens is 412 g/mol. The van der Waals surface area contributed by atoms with Gasteiger partial charge in [-0.05, 0) is 43.0 Å². The number of carbonyl (C=O) groups is 1. The van der Waals surface area contributed by atoms with E-state index in [0.29, 0.717) is 18.9 Å². The minimum Gasteiger partial charge on any atom is -0.494 e. The van der Waals surface area contributed by atoms with E-state index in [9.17, 15) is 14.4 Å². The zero-order chi connectivity index (χ0) is 23.7. The molecule has 2 rings (SSSR count). The minimum absolute atomic E-state index is 0.0152. The molecule has 0 bridgehead atoms. The van der Waals surface area contributed by atoms with Crippen molar-refractivity contribution < 1.29 is 14.3 Å². The van der Waals surface area contributed by atoms with Gasteiger partial charge in [-0.2, -0.15) is 0 Å². The number of anilines is 2. The predicted molar refractivity (Wildman–Crippen MR) is 126 cm³/mol. The van der Waals surface area contributed by atoms with Crippen molar-refractivity contribution in [1.29, 1.82) is 0 Å². The summed E-state index contributed by atoms with van der Waals surface area (Å²) in [5.41, 5.74) is 4.91. The van der Waals surface area contributed by atoms with E-state index in [1.165, 1.54) is 9.47 Å². The zero-order valence-corrected chi connectivity index (χ0v) is 19.3. The Bertz CT molecular complexity index is 995. The van der Waals surface area contributed by atoms with Crippen LogP contribution in [0.5, 0.6) is 11.5 Å². The Morgan fingerprint density at radius 3 is 2.28 bits per heavy atom. The first-order valence-electron chi connectivity index (χ1n) is 11.1. The summed E-state index contributed by atoms with van der Waals surface area (Å²) < 4.78 is 12.5. The molecular formula is C23H34N4O5. The first kappa shape index (κ1) is 25.0. The molecule has 0 fully saturated rings. The Morgan fingerprint density at radius 1 is 1.09 bits per heavy atom. The van der Waals surface area contributed by atoms with Gasteiger partial charge in [0, 0.05) is 13.1 Å². The number of nitrogens with one attached hydrogen (secondary N) is 1. The molecule has 1 heterocycles. The number of nitrogen functional groups attached to an aromatic ring is 1. The quantitative estimate of drug-likeness (QED) is 0.517. The average Bonchev–Trinajstić information content (AvgIpc) is 2.75. The van der Waals surface area contributed by atoms with Gasteiger partial charge in [-0.1, -0.05) is 34.1 Å². The zero-order valence-electron chi connectivity index (χ0n) is 19.3. The van der Waals surface area contributed by atoms with E-state index < -0.39 is 17.2 Å². The van der Waals surface area contributed by atoms with Crippen LogP contribution in [0.15, 0.2) is 33.9 Å². The van der Waals surface area contributed by atoms with E-state index in [2.05, 4.69) is 4.98 Å². The maximum absolute atomic E-state index is 13.1. The lowest BCUT2D eigenvalue weighted by atomic mass is 10.2. The van der Waals surface area contributed by atoms with Crippen LogP contribution in [0.25, 0.3) is 0 Å². The Hall–Kier alpha value is -3.23. The van der Waals surface area contributed by atoms with E-state index in [1.807, 2.05) is 27.7 Å². The van der Waals surface area contributed by atoms with Gasteiger partial charge in [0.05, 0.1) is 6.61 Å². The number of unbranched alkanes of at least 4 members (excludes halogenated alkanes) is 1. The average molecular weight is 447 g/mol. The number of hydrogen-bond acceptors (Lipinski definition) is 6. The van der Waals surface area contributed by atoms with Gasteiger partial charge in [0.25, 0.3) is 11.5 Å². The fourth-order valence-corrected chi connectivity index (χ4v) is 3.13. The fraction of sp³-hybridized carbons (Fsp3) is 0.522. The molecule has 0 aliphatic carbocycles. The van der Waals surface area contributed by atoms with Gasteiger partial charge >= 0.3 is 5.69 Å². The van der Waals surface area contributed by atoms with Crippen LogP contribution in [0.4, 0.5) is 11.5 Å². The Kier molecular flexibility index (Phi) is 9.37. The third-order valence-electron chi connectivity index (χ3n) is 4.73. The largest absolute Gasteiger partial charge is 0.494 e. The lowest BCUT2D eigenvalue weighted by molar-refractivity contribution is -0.120. The third-order valence-corrected chi connectivity index (χ3v) is 4.73. The van der Waals surface area contributed by atoms with Gasteiger partial charge in [-0.15, -0.1) is 0 Å². The van der Waals surface area contributed by atoms with Crippen molar-refractivity contribution in [1.82, 2.24) is 9.55 Å². The Labute approximate surface area is 188 Å². The summed E-state index contributed by atoms with van der Waals surface area (Å²) >= 11 is 0. The number of carbonyl (C=O) groups excluding carboxylic acids is 1. The third kappa shape index (κ3) is 6.63. The molecule has 0 radical (unpaired) electrons. The van der Waals surface area contributed by atoms with Crippen LogP contribution in [0.1, 0.15) is 47.0 Å². The molecule has 1 aromatic carbocycles. The highest BCUT2D eigenvalue weighted by Crippen LogP contribution is 2.21. The molecule has 0 spiro atoms. The summed E-state index contributed by atoms with van der Waals surface area (Å²) in [6, 6.07) is 6.98. The van der Waals surface area contributed by atoms with E-state index in [-0.39, 0.29) is 30.6 Å². The summed E-state index contributed by atoms with van der Waals surface area (Å²) in [5, 5.41) is 0. The summed E-state index contributed by atoms with van der Waals surface area (Å²) in [6.45, 7) is 8.82. The van der Waals surface area contributed by atoms with Gasteiger partial charge < -0.3 is 20.1 Å². The number of aromatic amines is 1. The van der Waals surface area contributed by atoms with Gasteiger partial charge in [0.15, 0.2) is 12.3 Å². The second-order valence-corrected chi connectivity index (χ2v) is 8.01. The molecule has 176 valence electrons. The molecule has 9 heteroatoms. The van der Waals surface area contributed by atoms with Crippen LogP contribution in [0, 0.1) is 5.92 Å². The smallest absolute Gasteiger partial charge is 0.330 e. The van der Waals surface area contributed by atoms with E-state index in [4.69, 9.17) is 15.2 Å². The molecule has 32 heavy (non-hydrogen) atoms. The van der Waals surface area contributed by atoms with Crippen LogP contribution in [-0.4, -0.2) is 35.2 Å². The van der Waals surface area contributed by atoms with E-state index >= 15 is 0 Å². The first-order chi connectivity index (χ1) is 15.3. The highest BCUT2D eigenvalue weighted by molar-refractivity contribution is 5.96. The van der Waals surface area contributed by atoms with Crippen molar-refractivity contribution in [3.63, 3.8) is 0 Å². The Morgan fingerprint density at radius 2 is 1.72 bits per heavy atom. The van der Waals surface area contributed by atoms with Crippen molar-refractivity contribution >= 4 is 17.4 Å². The maximum Gasteiger partial charge on any atom is 0.330 e. The summed E-state index contributed by atoms with van der Waals surface area (Å²) in [4.78, 5) is 41.5. The maximum atomic E-state index is 13.1. The second-order valence-electron chi connectivity index (χ2n) is 8.01. The number of H-pyrrole nitrogens is 1.